The number of benzene rings is 1. The molecule has 1 aromatic carbocycles. The van der Waals surface area contributed by atoms with Gasteiger partial charge in [0, 0.05) is 45.8 Å². The molecule has 39 heavy (non-hydrogen) atoms. The number of alkyl halides is 2. The highest BCUT2D eigenvalue weighted by atomic mass is 35.5. The van der Waals surface area contributed by atoms with Crippen molar-refractivity contribution in [1.82, 2.24) is 14.8 Å². The minimum Gasteiger partial charge on any atom is -0.371 e. The first kappa shape index (κ1) is 29.1. The van der Waals surface area contributed by atoms with Gasteiger partial charge in [0.05, 0.1) is 5.56 Å². The van der Waals surface area contributed by atoms with E-state index in [1.54, 1.807) is 20.2 Å². The van der Waals surface area contributed by atoms with Gasteiger partial charge >= 0.3 is 0 Å². The summed E-state index contributed by atoms with van der Waals surface area (Å²) in [5, 5.41) is 10.9. The second-order valence-electron chi connectivity index (χ2n) is 10.7. The van der Waals surface area contributed by atoms with Crippen LogP contribution in [0, 0.1) is 17.7 Å². The Morgan fingerprint density at radius 3 is 2.23 bits per heavy atom. The minimum absolute atomic E-state index is 0.186. The smallest absolute Gasteiger partial charge is 0.280 e. The summed E-state index contributed by atoms with van der Waals surface area (Å²) in [7, 11) is 3.32. The zero-order valence-corrected chi connectivity index (χ0v) is 22.9. The van der Waals surface area contributed by atoms with E-state index in [1.165, 1.54) is 15.9 Å². The van der Waals surface area contributed by atoms with Crippen molar-refractivity contribution in [3.05, 3.63) is 58.5 Å². The first-order chi connectivity index (χ1) is 18.5. The highest BCUT2D eigenvalue weighted by Crippen LogP contribution is 2.35. The number of halogens is 4. The van der Waals surface area contributed by atoms with Gasteiger partial charge in [-0.1, -0.05) is 23.7 Å². The maximum Gasteiger partial charge on any atom is 0.280 e. The summed E-state index contributed by atoms with van der Waals surface area (Å²) in [4.78, 5) is 34.5. The number of carbonyl (C=O) groups excluding carboxylic acids is 2. The van der Waals surface area contributed by atoms with Gasteiger partial charge in [0.1, 0.15) is 16.8 Å². The highest BCUT2D eigenvalue weighted by Gasteiger charge is 2.50. The molecule has 0 unspecified atom stereocenters. The molecule has 2 aliphatic rings. The van der Waals surface area contributed by atoms with Crippen LogP contribution in [0.4, 0.5) is 19.0 Å². The van der Waals surface area contributed by atoms with Crippen molar-refractivity contribution in [2.24, 2.45) is 11.8 Å². The Morgan fingerprint density at radius 2 is 1.69 bits per heavy atom. The van der Waals surface area contributed by atoms with Gasteiger partial charge in [-0.2, -0.15) is 0 Å². The monoisotopic (exact) mass is 566 g/mol. The second kappa shape index (κ2) is 12.1. The molecule has 3 heterocycles. The summed E-state index contributed by atoms with van der Waals surface area (Å²) in [6.45, 7) is 2.16. The van der Waals surface area contributed by atoms with E-state index in [1.807, 2.05) is 6.07 Å². The summed E-state index contributed by atoms with van der Waals surface area (Å²) in [5.74, 6) is -0.491. The van der Waals surface area contributed by atoms with E-state index in [2.05, 4.69) is 9.88 Å². The lowest BCUT2D eigenvalue weighted by Gasteiger charge is -2.39. The summed E-state index contributed by atoms with van der Waals surface area (Å²) in [6, 6.07) is 7.73. The fourth-order valence-corrected chi connectivity index (χ4v) is 5.78. The molecular weight excluding hydrogens is 533 g/mol. The van der Waals surface area contributed by atoms with E-state index < -0.39 is 29.3 Å². The number of likely N-dealkylation sites (tertiary alicyclic amines) is 1. The molecule has 1 atom stereocenters. The Hall–Kier alpha value is -2.85. The zero-order valence-electron chi connectivity index (χ0n) is 22.1. The van der Waals surface area contributed by atoms with Crippen LogP contribution in [0.25, 0.3) is 0 Å². The van der Waals surface area contributed by atoms with Crippen LogP contribution in [0.1, 0.15) is 48.0 Å². The molecule has 0 spiro atoms. The van der Waals surface area contributed by atoms with E-state index in [0.29, 0.717) is 30.2 Å². The Balaban J connectivity index is 1.28. The average molecular weight is 567 g/mol. The largest absolute Gasteiger partial charge is 0.371 e. The van der Waals surface area contributed by atoms with Crippen molar-refractivity contribution >= 4 is 29.2 Å². The van der Waals surface area contributed by atoms with Crippen LogP contribution in [0.15, 0.2) is 36.4 Å². The molecule has 0 bridgehead atoms. The molecule has 1 N–H and O–H groups in total. The van der Waals surface area contributed by atoms with Gasteiger partial charge < -0.3 is 19.8 Å². The SMILES string of the molecule is CN(C)C(=O)c1ccc(N2CCC(CC3CCN(C(=O)[C@](O)(c4cccc(F)c4)C(F)F)CC3)CC2)nc1Cl. The highest BCUT2D eigenvalue weighted by molar-refractivity contribution is 6.32. The van der Waals surface area contributed by atoms with Crippen molar-refractivity contribution in [3.63, 3.8) is 0 Å². The van der Waals surface area contributed by atoms with Crippen molar-refractivity contribution in [2.45, 2.75) is 44.1 Å². The number of pyridine rings is 1. The average Bonchev–Trinajstić information content (AvgIpc) is 2.92. The van der Waals surface area contributed by atoms with Crippen LogP contribution in [0.5, 0.6) is 0 Å². The van der Waals surface area contributed by atoms with Gasteiger partial charge in [-0.05, 0) is 68.2 Å². The van der Waals surface area contributed by atoms with Crippen molar-refractivity contribution in [2.75, 3.05) is 45.2 Å². The van der Waals surface area contributed by atoms with E-state index in [4.69, 9.17) is 11.6 Å². The lowest BCUT2D eigenvalue weighted by molar-refractivity contribution is -0.173. The third-order valence-corrected chi connectivity index (χ3v) is 8.17. The first-order valence-corrected chi connectivity index (χ1v) is 13.6. The zero-order chi connectivity index (χ0) is 28.3. The molecule has 0 radical (unpaired) electrons. The number of aromatic nitrogens is 1. The lowest BCUT2D eigenvalue weighted by atomic mass is 9.82. The Labute approximate surface area is 231 Å². The molecule has 11 heteroatoms. The number of rotatable bonds is 7. The Bertz CT molecular complexity index is 1180. The molecule has 2 fully saturated rings. The van der Waals surface area contributed by atoms with Crippen LogP contribution < -0.4 is 4.90 Å². The molecular formula is C28H34ClF3N4O3. The maximum atomic E-state index is 13.9. The summed E-state index contributed by atoms with van der Waals surface area (Å²) in [5.41, 5.74) is -3.14. The predicted molar refractivity (Wildman–Crippen MR) is 142 cm³/mol. The number of nitrogens with zero attached hydrogens (tertiary/aromatic N) is 4. The second-order valence-corrected chi connectivity index (χ2v) is 11.0. The molecule has 212 valence electrons. The molecule has 7 nitrogen and oxygen atoms in total. The van der Waals surface area contributed by atoms with E-state index in [-0.39, 0.29) is 24.1 Å². The lowest BCUT2D eigenvalue weighted by Crippen LogP contribution is -2.53. The number of aliphatic hydroxyl groups is 1. The molecule has 2 aliphatic heterocycles. The first-order valence-electron chi connectivity index (χ1n) is 13.2. The normalized spacial score (nSPS) is 18.8. The molecule has 0 saturated carbocycles. The predicted octanol–water partition coefficient (Wildman–Crippen LogP) is 4.57. The van der Waals surface area contributed by atoms with Gasteiger partial charge in [0.25, 0.3) is 18.2 Å². The van der Waals surface area contributed by atoms with Crippen molar-refractivity contribution in [3.8, 4) is 0 Å². The number of piperidine rings is 2. The summed E-state index contributed by atoms with van der Waals surface area (Å²) >= 11 is 6.28. The van der Waals surface area contributed by atoms with E-state index in [9.17, 15) is 27.9 Å². The maximum absolute atomic E-state index is 13.9. The summed E-state index contributed by atoms with van der Waals surface area (Å²) < 4.78 is 41.4. The van der Waals surface area contributed by atoms with Crippen LogP contribution >= 0.6 is 11.6 Å². The molecule has 2 amide bonds. The minimum atomic E-state index is -3.39. The van der Waals surface area contributed by atoms with Gasteiger partial charge in [0.2, 0.25) is 5.60 Å². The molecule has 0 aliphatic carbocycles. The topological polar surface area (TPSA) is 77.0 Å². The van der Waals surface area contributed by atoms with E-state index >= 15 is 0 Å². The third-order valence-electron chi connectivity index (χ3n) is 7.88. The van der Waals surface area contributed by atoms with Crippen LogP contribution in [-0.4, -0.2) is 78.4 Å². The third kappa shape index (κ3) is 6.32. The molecule has 4 rings (SSSR count). The Kier molecular flexibility index (Phi) is 9.06. The number of hydrogen-bond acceptors (Lipinski definition) is 5. The number of carbonyl (C=O) groups is 2. The standard InChI is InChI=1S/C28H34ClF3N4O3/c1-34(2)25(37)22-6-7-23(33-24(22)29)35-12-8-18(9-13-35)16-19-10-14-36(15-11-19)27(38)28(39,26(31)32)20-4-3-5-21(30)17-20/h3-7,17-19,26,39H,8-16H2,1-2H3/t28-/m0/s1. The van der Waals surface area contributed by atoms with Crippen molar-refractivity contribution < 1.29 is 27.9 Å². The van der Waals surface area contributed by atoms with Gasteiger partial charge in [-0.25, -0.2) is 18.2 Å². The van der Waals surface area contributed by atoms with Crippen molar-refractivity contribution in [1.29, 1.82) is 0 Å². The number of anilines is 1. The molecule has 2 aromatic rings. The van der Waals surface area contributed by atoms with Crippen LogP contribution in [-0.2, 0) is 10.4 Å². The van der Waals surface area contributed by atoms with Gasteiger partial charge in [-0.3, -0.25) is 9.59 Å². The van der Waals surface area contributed by atoms with Crippen LogP contribution in [0.3, 0.4) is 0 Å². The molecule has 1 aromatic heterocycles. The Morgan fingerprint density at radius 1 is 1.08 bits per heavy atom. The fraction of sp³-hybridized carbons (Fsp3) is 0.536. The fourth-order valence-electron chi connectivity index (χ4n) is 5.55. The number of hydrogen-bond donors (Lipinski definition) is 1. The quantitative estimate of drug-likeness (QED) is 0.497. The number of amides is 2. The summed E-state index contributed by atoms with van der Waals surface area (Å²) in [6.07, 6.45) is 0.829. The van der Waals surface area contributed by atoms with Gasteiger partial charge in [-0.15, -0.1) is 0 Å². The van der Waals surface area contributed by atoms with Crippen LogP contribution in [0.2, 0.25) is 5.15 Å². The molecule has 2 saturated heterocycles. The van der Waals surface area contributed by atoms with E-state index in [0.717, 1.165) is 56.4 Å². The van der Waals surface area contributed by atoms with Gasteiger partial charge in [0.15, 0.2) is 0 Å².